The molecule has 0 saturated heterocycles. The van der Waals surface area contributed by atoms with E-state index in [1.165, 1.54) is 0 Å². The van der Waals surface area contributed by atoms with Crippen molar-refractivity contribution in [3.8, 4) is 12.3 Å². The van der Waals surface area contributed by atoms with Crippen molar-refractivity contribution in [3.63, 3.8) is 0 Å². The SMILES string of the molecule is C#CCC(C)n1cncc1[C@@H](C)NC(=O)OC(C)(C)C. The van der Waals surface area contributed by atoms with Gasteiger partial charge in [-0.1, -0.05) is 0 Å². The molecule has 1 aromatic heterocycles. The Morgan fingerprint density at radius 3 is 2.75 bits per heavy atom. The van der Waals surface area contributed by atoms with Gasteiger partial charge in [0.25, 0.3) is 0 Å². The van der Waals surface area contributed by atoms with E-state index in [1.54, 1.807) is 12.5 Å². The van der Waals surface area contributed by atoms with Gasteiger partial charge in [-0.05, 0) is 34.6 Å². The summed E-state index contributed by atoms with van der Waals surface area (Å²) in [6.07, 6.45) is 8.97. The van der Waals surface area contributed by atoms with Crippen LogP contribution in [0.1, 0.15) is 58.8 Å². The van der Waals surface area contributed by atoms with Crippen molar-refractivity contribution in [2.45, 2.75) is 58.7 Å². The molecule has 1 heterocycles. The molecule has 0 saturated carbocycles. The van der Waals surface area contributed by atoms with Crippen molar-refractivity contribution < 1.29 is 9.53 Å². The van der Waals surface area contributed by atoms with Gasteiger partial charge in [0.05, 0.1) is 24.3 Å². The molecule has 1 amide bonds. The summed E-state index contributed by atoms with van der Waals surface area (Å²) < 4.78 is 7.22. The van der Waals surface area contributed by atoms with E-state index in [1.807, 2.05) is 39.2 Å². The van der Waals surface area contributed by atoms with E-state index < -0.39 is 11.7 Å². The number of nitrogens with one attached hydrogen (secondary N) is 1. The Kier molecular flexibility index (Phi) is 5.20. The number of amides is 1. The van der Waals surface area contributed by atoms with Crippen LogP contribution in [-0.2, 0) is 4.74 Å². The van der Waals surface area contributed by atoms with Crippen LogP contribution in [0.4, 0.5) is 4.79 Å². The number of carbonyl (C=O) groups is 1. The normalized spacial score (nSPS) is 14.2. The third-order valence-electron chi connectivity index (χ3n) is 2.76. The van der Waals surface area contributed by atoms with Crippen LogP contribution in [0, 0.1) is 12.3 Å². The Hall–Kier alpha value is -1.96. The van der Waals surface area contributed by atoms with Crippen LogP contribution >= 0.6 is 0 Å². The van der Waals surface area contributed by atoms with Crippen molar-refractivity contribution in [2.24, 2.45) is 0 Å². The van der Waals surface area contributed by atoms with E-state index in [9.17, 15) is 4.79 Å². The largest absolute Gasteiger partial charge is 0.444 e. The van der Waals surface area contributed by atoms with Gasteiger partial charge in [0.1, 0.15) is 5.60 Å². The Morgan fingerprint density at radius 1 is 1.55 bits per heavy atom. The summed E-state index contributed by atoms with van der Waals surface area (Å²) in [4.78, 5) is 15.9. The summed E-state index contributed by atoms with van der Waals surface area (Å²) in [7, 11) is 0. The number of rotatable bonds is 4. The Bertz CT molecular complexity index is 494. The lowest BCUT2D eigenvalue weighted by atomic mass is 10.2. The molecule has 1 rings (SSSR count). The van der Waals surface area contributed by atoms with Crippen molar-refractivity contribution in [1.29, 1.82) is 0 Å². The highest BCUT2D eigenvalue weighted by Gasteiger charge is 2.20. The molecule has 110 valence electrons. The third-order valence-corrected chi connectivity index (χ3v) is 2.76. The van der Waals surface area contributed by atoms with Crippen molar-refractivity contribution in [1.82, 2.24) is 14.9 Å². The second-order valence-corrected chi connectivity index (χ2v) is 5.85. The highest BCUT2D eigenvalue weighted by molar-refractivity contribution is 5.68. The molecular formula is C15H23N3O2. The molecule has 0 aliphatic heterocycles. The maximum Gasteiger partial charge on any atom is 0.408 e. The van der Waals surface area contributed by atoms with Crippen LogP contribution in [0.3, 0.4) is 0 Å². The van der Waals surface area contributed by atoms with Gasteiger partial charge in [0, 0.05) is 12.5 Å². The third kappa shape index (κ3) is 4.61. The van der Waals surface area contributed by atoms with Crippen LogP contribution in [0.5, 0.6) is 0 Å². The molecule has 0 bridgehead atoms. The van der Waals surface area contributed by atoms with Gasteiger partial charge >= 0.3 is 6.09 Å². The predicted octanol–water partition coefficient (Wildman–Crippen LogP) is 3.05. The van der Waals surface area contributed by atoms with Crippen molar-refractivity contribution in [2.75, 3.05) is 0 Å². The molecular weight excluding hydrogens is 254 g/mol. The van der Waals surface area contributed by atoms with Crippen LogP contribution in [0.15, 0.2) is 12.5 Å². The van der Waals surface area contributed by atoms with Gasteiger partial charge in [-0.3, -0.25) is 0 Å². The average Bonchev–Trinajstić information content (AvgIpc) is 2.75. The van der Waals surface area contributed by atoms with Crippen molar-refractivity contribution in [3.05, 3.63) is 18.2 Å². The molecule has 1 aromatic rings. The minimum atomic E-state index is -0.513. The quantitative estimate of drug-likeness (QED) is 0.861. The summed E-state index contributed by atoms with van der Waals surface area (Å²) in [5.74, 6) is 2.63. The van der Waals surface area contributed by atoms with Gasteiger partial charge in [-0.25, -0.2) is 9.78 Å². The van der Waals surface area contributed by atoms with Crippen molar-refractivity contribution >= 4 is 6.09 Å². The van der Waals surface area contributed by atoms with Crippen LogP contribution in [0.25, 0.3) is 0 Å². The number of alkyl carbamates (subject to hydrolysis) is 1. The van der Waals surface area contributed by atoms with Gasteiger partial charge in [0.15, 0.2) is 0 Å². The van der Waals surface area contributed by atoms with Crippen LogP contribution in [0.2, 0.25) is 0 Å². The summed E-state index contributed by atoms with van der Waals surface area (Å²) in [6.45, 7) is 9.40. The number of hydrogen-bond donors (Lipinski definition) is 1. The maximum absolute atomic E-state index is 11.8. The standard InChI is InChI=1S/C15H23N3O2/c1-7-8-11(2)18-10-16-9-13(18)12(3)17-14(19)20-15(4,5)6/h1,9-12H,8H2,2-6H3,(H,17,19)/t11?,12-/m1/s1. The van der Waals surface area contributed by atoms with E-state index in [2.05, 4.69) is 16.2 Å². The Labute approximate surface area is 120 Å². The zero-order chi connectivity index (χ0) is 15.3. The predicted molar refractivity (Wildman–Crippen MR) is 78.2 cm³/mol. The second kappa shape index (κ2) is 6.47. The minimum absolute atomic E-state index is 0.139. The molecule has 1 N–H and O–H groups in total. The lowest BCUT2D eigenvalue weighted by Gasteiger charge is -2.23. The number of terminal acetylenes is 1. The fourth-order valence-corrected chi connectivity index (χ4v) is 1.85. The van der Waals surface area contributed by atoms with Gasteiger partial charge in [-0.2, -0.15) is 0 Å². The number of hydrogen-bond acceptors (Lipinski definition) is 3. The summed E-state index contributed by atoms with van der Waals surface area (Å²) in [5.41, 5.74) is 0.388. The lowest BCUT2D eigenvalue weighted by Crippen LogP contribution is -2.34. The average molecular weight is 277 g/mol. The fraction of sp³-hybridized carbons (Fsp3) is 0.600. The molecule has 0 aliphatic carbocycles. The first-order valence-electron chi connectivity index (χ1n) is 6.69. The molecule has 0 aromatic carbocycles. The van der Waals surface area contributed by atoms with Crippen LogP contribution < -0.4 is 5.32 Å². The topological polar surface area (TPSA) is 56.2 Å². The van der Waals surface area contributed by atoms with Gasteiger partial charge in [-0.15, -0.1) is 12.3 Å². The molecule has 2 atom stereocenters. The van der Waals surface area contributed by atoms with E-state index in [0.29, 0.717) is 6.42 Å². The Balaban J connectivity index is 2.74. The van der Waals surface area contributed by atoms with Gasteiger partial charge in [0.2, 0.25) is 0 Å². The summed E-state index contributed by atoms with van der Waals surface area (Å²) in [5, 5.41) is 2.80. The van der Waals surface area contributed by atoms with E-state index >= 15 is 0 Å². The summed E-state index contributed by atoms with van der Waals surface area (Å²) >= 11 is 0. The molecule has 0 aliphatic rings. The fourth-order valence-electron chi connectivity index (χ4n) is 1.85. The molecule has 0 spiro atoms. The number of aromatic nitrogens is 2. The number of carbonyl (C=O) groups excluding carboxylic acids is 1. The molecule has 1 unspecified atom stereocenters. The first-order valence-corrected chi connectivity index (χ1v) is 6.69. The van der Waals surface area contributed by atoms with Gasteiger partial charge < -0.3 is 14.6 Å². The minimum Gasteiger partial charge on any atom is -0.444 e. The smallest absolute Gasteiger partial charge is 0.408 e. The zero-order valence-corrected chi connectivity index (χ0v) is 12.8. The number of imidazole rings is 1. The molecule has 0 fully saturated rings. The molecule has 0 radical (unpaired) electrons. The highest BCUT2D eigenvalue weighted by Crippen LogP contribution is 2.19. The highest BCUT2D eigenvalue weighted by atomic mass is 16.6. The number of nitrogens with zero attached hydrogens (tertiary/aromatic N) is 2. The maximum atomic E-state index is 11.8. The van der Waals surface area contributed by atoms with Crippen LogP contribution in [-0.4, -0.2) is 21.2 Å². The van der Waals surface area contributed by atoms with E-state index in [4.69, 9.17) is 11.2 Å². The molecule has 5 nitrogen and oxygen atoms in total. The molecule has 5 heteroatoms. The Morgan fingerprint density at radius 2 is 2.20 bits per heavy atom. The van der Waals surface area contributed by atoms with E-state index in [-0.39, 0.29) is 12.1 Å². The second-order valence-electron chi connectivity index (χ2n) is 5.85. The first-order chi connectivity index (χ1) is 9.24. The lowest BCUT2D eigenvalue weighted by molar-refractivity contribution is 0.0506. The monoisotopic (exact) mass is 277 g/mol. The zero-order valence-electron chi connectivity index (χ0n) is 12.8. The first kappa shape index (κ1) is 16.1. The summed E-state index contributed by atoms with van der Waals surface area (Å²) in [6, 6.07) is -0.0621. The molecule has 20 heavy (non-hydrogen) atoms. The number of ether oxygens (including phenoxy) is 1. The van der Waals surface area contributed by atoms with E-state index in [0.717, 1.165) is 5.69 Å².